The number of hydrogen-bond donors (Lipinski definition) is 4. The van der Waals surface area contributed by atoms with Crippen molar-refractivity contribution in [3.63, 3.8) is 0 Å². The summed E-state index contributed by atoms with van der Waals surface area (Å²) < 4.78 is 11.1. The van der Waals surface area contributed by atoms with Crippen LogP contribution in [-0.4, -0.2) is 55.3 Å². The van der Waals surface area contributed by atoms with Crippen LogP contribution in [0.3, 0.4) is 0 Å². The van der Waals surface area contributed by atoms with Gasteiger partial charge in [-0.2, -0.15) is 0 Å². The molecule has 6 rings (SSSR count). The first-order valence-electron chi connectivity index (χ1n) is 13.1. The van der Waals surface area contributed by atoms with Crippen LogP contribution in [0.25, 0.3) is 16.7 Å². The summed E-state index contributed by atoms with van der Waals surface area (Å²) >= 11 is 0. The van der Waals surface area contributed by atoms with E-state index in [1.807, 2.05) is 25.1 Å². The monoisotopic (exact) mass is 621 g/mol. The highest BCUT2D eigenvalue weighted by Gasteiger charge is 2.27. The highest BCUT2D eigenvalue weighted by atomic mass is 35.5. The van der Waals surface area contributed by atoms with Crippen molar-refractivity contribution in [2.24, 2.45) is 11.5 Å². The Hall–Kier alpha value is -5.34. The summed E-state index contributed by atoms with van der Waals surface area (Å²) in [4.78, 5) is 59.9. The van der Waals surface area contributed by atoms with E-state index in [9.17, 15) is 24.3 Å². The summed E-state index contributed by atoms with van der Waals surface area (Å²) in [5.74, 6) is -2.58. The minimum absolute atomic E-state index is 0. The zero-order valence-electron chi connectivity index (χ0n) is 23.6. The van der Waals surface area contributed by atoms with Gasteiger partial charge in [0.05, 0.1) is 18.7 Å². The van der Waals surface area contributed by atoms with E-state index < -0.39 is 23.8 Å². The molecule has 2 aromatic carbocycles. The lowest BCUT2D eigenvalue weighted by Crippen LogP contribution is -2.28. The molecule has 0 unspecified atom stereocenters. The summed E-state index contributed by atoms with van der Waals surface area (Å²) in [7, 11) is 1.30. The average Bonchev–Trinajstić information content (AvgIpc) is 3.71. The highest BCUT2D eigenvalue weighted by Crippen LogP contribution is 2.32. The number of ether oxygens (including phenoxy) is 1. The minimum atomic E-state index is -1.32. The summed E-state index contributed by atoms with van der Waals surface area (Å²) in [5, 5.41) is 12.3. The number of fused-ring (bicyclic) bond motifs is 3. The van der Waals surface area contributed by atoms with E-state index in [-0.39, 0.29) is 41.2 Å². The summed E-state index contributed by atoms with van der Waals surface area (Å²) in [5.41, 5.74) is 14.9. The molecule has 14 nitrogen and oxygen atoms in total. The molecule has 0 radical (unpaired) electrons. The van der Waals surface area contributed by atoms with Crippen LogP contribution in [0.4, 0.5) is 0 Å². The molecule has 1 atom stereocenters. The Morgan fingerprint density at radius 2 is 1.91 bits per heavy atom. The van der Waals surface area contributed by atoms with E-state index >= 15 is 0 Å². The van der Waals surface area contributed by atoms with Gasteiger partial charge in [0.2, 0.25) is 0 Å². The number of methoxy groups -OCH3 is 1. The predicted octanol–water partition coefficient (Wildman–Crippen LogP) is 2.75. The van der Waals surface area contributed by atoms with Crippen LogP contribution in [0.2, 0.25) is 0 Å². The molecule has 0 saturated carbocycles. The van der Waals surface area contributed by atoms with Crippen LogP contribution < -0.4 is 16.8 Å². The van der Waals surface area contributed by atoms with E-state index in [1.165, 1.54) is 7.11 Å². The number of aromatic carboxylic acids is 1. The second kappa shape index (κ2) is 12.9. The SMILES string of the molecule is COC(=O)c1ccc2c(c1)CC[C@@H]2NC(=O)c1cc(C(=O)O)n2cnc(C(N)=O)c2n1.Cc1nc2cc(CN)ccc2o1.Cl. The molecule has 0 saturated heterocycles. The van der Waals surface area contributed by atoms with Gasteiger partial charge in [0, 0.05) is 19.5 Å². The molecule has 228 valence electrons. The van der Waals surface area contributed by atoms with Gasteiger partial charge >= 0.3 is 11.9 Å². The van der Waals surface area contributed by atoms with Crippen molar-refractivity contribution in [1.29, 1.82) is 0 Å². The maximum absolute atomic E-state index is 12.9. The molecular weight excluding hydrogens is 594 g/mol. The quantitative estimate of drug-likeness (QED) is 0.202. The average molecular weight is 622 g/mol. The lowest BCUT2D eigenvalue weighted by molar-refractivity contribution is 0.0599. The Bertz CT molecular complexity index is 1920. The van der Waals surface area contributed by atoms with Crippen LogP contribution in [0.15, 0.2) is 53.2 Å². The van der Waals surface area contributed by atoms with E-state index in [1.54, 1.807) is 18.2 Å². The molecule has 1 aliphatic carbocycles. The first-order chi connectivity index (χ1) is 20.6. The van der Waals surface area contributed by atoms with Gasteiger partial charge in [0.15, 0.2) is 22.8 Å². The Kier molecular flexibility index (Phi) is 9.26. The molecule has 3 aromatic heterocycles. The Labute approximate surface area is 255 Å². The van der Waals surface area contributed by atoms with Gasteiger partial charge in [-0.1, -0.05) is 12.1 Å². The predicted molar refractivity (Wildman–Crippen MR) is 159 cm³/mol. The molecule has 0 fully saturated rings. The van der Waals surface area contributed by atoms with Crippen LogP contribution in [0, 0.1) is 6.92 Å². The number of amides is 2. The van der Waals surface area contributed by atoms with Crippen molar-refractivity contribution in [2.75, 3.05) is 7.11 Å². The fraction of sp³-hybridized carbons (Fsp3) is 0.207. The fourth-order valence-corrected chi connectivity index (χ4v) is 4.89. The first kappa shape index (κ1) is 31.6. The van der Waals surface area contributed by atoms with Gasteiger partial charge in [-0.15, -0.1) is 12.4 Å². The van der Waals surface area contributed by atoms with Crippen molar-refractivity contribution >= 4 is 52.9 Å². The van der Waals surface area contributed by atoms with Crippen molar-refractivity contribution in [3.05, 3.63) is 94.0 Å². The topological polar surface area (TPSA) is 218 Å². The molecule has 0 aliphatic heterocycles. The van der Waals surface area contributed by atoms with E-state index in [0.29, 0.717) is 30.8 Å². The lowest BCUT2D eigenvalue weighted by Gasteiger charge is -2.15. The maximum Gasteiger partial charge on any atom is 0.353 e. The molecule has 0 bridgehead atoms. The van der Waals surface area contributed by atoms with Gasteiger partial charge in [-0.05, 0) is 53.8 Å². The number of rotatable bonds is 6. The largest absolute Gasteiger partial charge is 0.477 e. The van der Waals surface area contributed by atoms with Crippen LogP contribution in [-0.2, 0) is 17.7 Å². The number of hydrogen-bond acceptors (Lipinski definition) is 10. The number of carboxylic acid groups (broad SMARTS) is 1. The number of nitrogens with one attached hydrogen (secondary N) is 1. The number of esters is 1. The van der Waals surface area contributed by atoms with Crippen molar-refractivity contribution in [3.8, 4) is 0 Å². The van der Waals surface area contributed by atoms with Gasteiger partial charge in [0.1, 0.15) is 23.2 Å². The number of halogens is 1. The van der Waals surface area contributed by atoms with Gasteiger partial charge in [-0.3, -0.25) is 14.0 Å². The molecule has 1 aliphatic rings. The Morgan fingerprint density at radius 3 is 2.59 bits per heavy atom. The molecule has 5 aromatic rings. The van der Waals surface area contributed by atoms with Crippen LogP contribution in [0.1, 0.15) is 76.9 Å². The van der Waals surface area contributed by atoms with Gasteiger partial charge < -0.3 is 31.0 Å². The molecule has 0 spiro atoms. The number of imidazole rings is 1. The Morgan fingerprint density at radius 1 is 1.14 bits per heavy atom. The zero-order valence-corrected chi connectivity index (χ0v) is 24.4. The number of benzene rings is 2. The van der Waals surface area contributed by atoms with E-state index in [2.05, 4.69) is 20.3 Å². The van der Waals surface area contributed by atoms with Crippen LogP contribution >= 0.6 is 12.4 Å². The number of aryl methyl sites for hydroxylation is 2. The number of nitrogens with two attached hydrogens (primary N) is 2. The smallest absolute Gasteiger partial charge is 0.353 e. The number of primary amides is 1. The fourth-order valence-electron chi connectivity index (χ4n) is 4.89. The van der Waals surface area contributed by atoms with Crippen molar-refractivity contribution < 1.29 is 33.4 Å². The molecular formula is C29H28ClN7O7. The third-order valence-electron chi connectivity index (χ3n) is 6.93. The van der Waals surface area contributed by atoms with Gasteiger partial charge in [-0.25, -0.2) is 24.5 Å². The molecule has 6 N–H and O–H groups in total. The number of oxazole rings is 1. The third kappa shape index (κ3) is 6.21. The first-order valence-corrected chi connectivity index (χ1v) is 13.1. The van der Waals surface area contributed by atoms with E-state index in [0.717, 1.165) is 44.6 Å². The summed E-state index contributed by atoms with van der Waals surface area (Å²) in [6.07, 6.45) is 2.35. The normalized spacial score (nSPS) is 13.4. The van der Waals surface area contributed by atoms with Gasteiger partial charge in [0.25, 0.3) is 11.8 Å². The standard InChI is InChI=1S/C20H17N5O6.C9H10N2O.ClH/c1-31-20(30)10-2-4-11-9(6-10)3-5-12(11)24-18(27)13-7-14(19(28)29)25-8-22-15(16(21)26)17(25)23-13;1-6-11-8-4-7(5-10)2-3-9(8)12-6;/h2,4,6-8,12H,3,5H2,1H3,(H2,21,26)(H,24,27)(H,28,29);2-4H,5,10H2,1H3;1H/t12-;;/m0../s1. The second-order valence-corrected chi connectivity index (χ2v) is 9.69. The number of carboxylic acids is 1. The molecule has 2 amide bonds. The van der Waals surface area contributed by atoms with E-state index in [4.69, 9.17) is 20.6 Å². The molecule has 15 heteroatoms. The Balaban J connectivity index is 0.000000284. The number of carbonyl (C=O) groups is 4. The van der Waals surface area contributed by atoms with Crippen molar-refractivity contribution in [2.45, 2.75) is 32.4 Å². The highest BCUT2D eigenvalue weighted by molar-refractivity contribution is 6.00. The van der Waals surface area contributed by atoms with Crippen molar-refractivity contribution in [1.82, 2.24) is 24.7 Å². The minimum Gasteiger partial charge on any atom is -0.477 e. The summed E-state index contributed by atoms with van der Waals surface area (Å²) in [6, 6.07) is 11.7. The summed E-state index contributed by atoms with van der Waals surface area (Å²) in [6.45, 7) is 2.38. The second-order valence-electron chi connectivity index (χ2n) is 9.69. The number of nitrogens with zero attached hydrogens (tertiary/aromatic N) is 4. The molecule has 3 heterocycles. The number of aromatic nitrogens is 4. The third-order valence-corrected chi connectivity index (χ3v) is 6.93. The zero-order chi connectivity index (χ0) is 30.8. The van der Waals surface area contributed by atoms with Crippen LogP contribution in [0.5, 0.6) is 0 Å². The maximum atomic E-state index is 12.9. The molecule has 44 heavy (non-hydrogen) atoms. The lowest BCUT2D eigenvalue weighted by atomic mass is 10.0. The number of carbonyl (C=O) groups excluding carboxylic acids is 3.